The maximum Gasteiger partial charge on any atom is 0.138 e. The highest BCUT2D eigenvalue weighted by molar-refractivity contribution is 9.10. The molecule has 0 radical (unpaired) electrons. The second kappa shape index (κ2) is 5.88. The van der Waals surface area contributed by atoms with Gasteiger partial charge in [0.2, 0.25) is 0 Å². The molecule has 0 aliphatic rings. The topological polar surface area (TPSA) is 55.9 Å². The Morgan fingerprint density at radius 3 is 2.53 bits per heavy atom. The van der Waals surface area contributed by atoms with Gasteiger partial charge in [-0.3, -0.25) is 4.68 Å². The fourth-order valence-corrected chi connectivity index (χ4v) is 2.52. The molecule has 2 aromatic heterocycles. The zero-order chi connectivity index (χ0) is 14.0. The van der Waals surface area contributed by atoms with E-state index in [2.05, 4.69) is 38.4 Å². The molecule has 0 spiro atoms. The minimum atomic E-state index is 0.752. The summed E-state index contributed by atoms with van der Waals surface area (Å²) in [5.74, 6) is 0.879. The van der Waals surface area contributed by atoms with Gasteiger partial charge in [-0.2, -0.15) is 5.10 Å². The lowest BCUT2D eigenvalue weighted by Gasteiger charge is -2.07. The minimum Gasteiger partial charge on any atom is -0.361 e. The van der Waals surface area contributed by atoms with Crippen LogP contribution in [-0.2, 0) is 19.6 Å². The first-order chi connectivity index (χ1) is 9.04. The van der Waals surface area contributed by atoms with E-state index in [9.17, 15) is 0 Å². The van der Waals surface area contributed by atoms with Gasteiger partial charge in [0.05, 0.1) is 21.6 Å². The number of rotatable bonds is 5. The largest absolute Gasteiger partial charge is 0.361 e. The number of hydrogen-bond acceptors (Lipinski definition) is 4. The van der Waals surface area contributed by atoms with Crippen LogP contribution >= 0.6 is 15.9 Å². The summed E-state index contributed by atoms with van der Waals surface area (Å²) in [4.78, 5) is 0. The molecule has 0 fully saturated rings. The maximum atomic E-state index is 5.15. The average Bonchev–Trinajstić information content (AvgIpc) is 2.85. The minimum absolute atomic E-state index is 0.752. The van der Waals surface area contributed by atoms with Crippen molar-refractivity contribution in [2.75, 3.05) is 0 Å². The Balaban J connectivity index is 2.04. The fraction of sp³-hybridized carbons (Fsp3) is 0.538. The predicted molar refractivity (Wildman–Crippen MR) is 76.9 cm³/mol. The van der Waals surface area contributed by atoms with E-state index in [1.165, 1.54) is 5.69 Å². The summed E-state index contributed by atoms with van der Waals surface area (Å²) < 4.78 is 8.25. The van der Waals surface area contributed by atoms with E-state index in [0.29, 0.717) is 0 Å². The normalized spacial score (nSPS) is 11.2. The number of aryl methyl sites for hydroxylation is 4. The molecule has 6 heteroatoms. The highest BCUT2D eigenvalue weighted by Crippen LogP contribution is 2.21. The molecule has 0 bridgehead atoms. The van der Waals surface area contributed by atoms with Crippen LogP contribution in [-0.4, -0.2) is 14.9 Å². The lowest BCUT2D eigenvalue weighted by molar-refractivity contribution is 0.391. The van der Waals surface area contributed by atoms with Gasteiger partial charge in [0, 0.05) is 25.2 Å². The van der Waals surface area contributed by atoms with Crippen LogP contribution in [0.15, 0.2) is 9.00 Å². The third-order valence-electron chi connectivity index (χ3n) is 3.23. The van der Waals surface area contributed by atoms with Gasteiger partial charge in [0.1, 0.15) is 5.76 Å². The summed E-state index contributed by atoms with van der Waals surface area (Å²) in [7, 11) is 0. The SMILES string of the molecule is CCn1nc(C)c(Br)c1CNCc1c(C)noc1C. The lowest BCUT2D eigenvalue weighted by atomic mass is 10.2. The molecule has 19 heavy (non-hydrogen) atoms. The van der Waals surface area contributed by atoms with Crippen LogP contribution in [0.3, 0.4) is 0 Å². The number of halogens is 1. The molecule has 0 aromatic carbocycles. The Hall–Kier alpha value is -1.14. The van der Waals surface area contributed by atoms with E-state index < -0.39 is 0 Å². The van der Waals surface area contributed by atoms with Crippen LogP contribution in [0.25, 0.3) is 0 Å². The van der Waals surface area contributed by atoms with Gasteiger partial charge in [-0.15, -0.1) is 0 Å². The number of aromatic nitrogens is 3. The van der Waals surface area contributed by atoms with Crippen molar-refractivity contribution in [2.24, 2.45) is 0 Å². The first-order valence-electron chi connectivity index (χ1n) is 6.38. The van der Waals surface area contributed by atoms with Crippen molar-refractivity contribution in [3.8, 4) is 0 Å². The molecule has 0 amide bonds. The molecule has 2 heterocycles. The van der Waals surface area contributed by atoms with Crippen molar-refractivity contribution in [3.63, 3.8) is 0 Å². The fourth-order valence-electron chi connectivity index (χ4n) is 2.10. The summed E-state index contributed by atoms with van der Waals surface area (Å²) in [5.41, 5.74) is 4.28. The van der Waals surface area contributed by atoms with Crippen LogP contribution in [0.1, 0.15) is 35.3 Å². The lowest BCUT2D eigenvalue weighted by Crippen LogP contribution is -2.17. The first-order valence-corrected chi connectivity index (χ1v) is 7.18. The second-order valence-corrected chi connectivity index (χ2v) is 5.36. The van der Waals surface area contributed by atoms with Crippen molar-refractivity contribution in [1.29, 1.82) is 0 Å². The van der Waals surface area contributed by atoms with Crippen LogP contribution in [0.2, 0.25) is 0 Å². The third-order valence-corrected chi connectivity index (χ3v) is 4.26. The molecule has 0 aliphatic heterocycles. The molecule has 0 saturated carbocycles. The van der Waals surface area contributed by atoms with Crippen LogP contribution < -0.4 is 5.32 Å². The Labute approximate surface area is 121 Å². The zero-order valence-corrected chi connectivity index (χ0v) is 13.3. The van der Waals surface area contributed by atoms with E-state index in [1.54, 1.807) is 0 Å². The monoisotopic (exact) mass is 326 g/mol. The predicted octanol–water partition coefficient (Wildman–Crippen LogP) is 2.87. The molecule has 0 unspecified atom stereocenters. The first kappa shape index (κ1) is 14.3. The van der Waals surface area contributed by atoms with E-state index in [0.717, 1.165) is 46.8 Å². The number of nitrogens with zero attached hydrogens (tertiary/aromatic N) is 3. The van der Waals surface area contributed by atoms with Crippen molar-refractivity contribution in [2.45, 2.75) is 47.3 Å². The number of hydrogen-bond donors (Lipinski definition) is 1. The van der Waals surface area contributed by atoms with E-state index in [-0.39, 0.29) is 0 Å². The van der Waals surface area contributed by atoms with E-state index in [4.69, 9.17) is 4.52 Å². The number of nitrogens with one attached hydrogen (secondary N) is 1. The molecular formula is C13H19BrN4O. The van der Waals surface area contributed by atoms with Gasteiger partial charge in [-0.1, -0.05) is 5.16 Å². The van der Waals surface area contributed by atoms with Crippen molar-refractivity contribution < 1.29 is 4.52 Å². The Morgan fingerprint density at radius 1 is 1.21 bits per heavy atom. The zero-order valence-electron chi connectivity index (χ0n) is 11.7. The van der Waals surface area contributed by atoms with Crippen molar-refractivity contribution >= 4 is 15.9 Å². The highest BCUT2D eigenvalue weighted by atomic mass is 79.9. The van der Waals surface area contributed by atoms with Gasteiger partial charge in [0.15, 0.2) is 0 Å². The smallest absolute Gasteiger partial charge is 0.138 e. The van der Waals surface area contributed by atoms with Gasteiger partial charge in [-0.25, -0.2) is 0 Å². The van der Waals surface area contributed by atoms with Gasteiger partial charge < -0.3 is 9.84 Å². The molecule has 1 N–H and O–H groups in total. The van der Waals surface area contributed by atoms with Crippen molar-refractivity contribution in [3.05, 3.63) is 32.9 Å². The maximum absolute atomic E-state index is 5.15. The summed E-state index contributed by atoms with van der Waals surface area (Å²) in [6, 6.07) is 0. The Bertz CT molecular complexity index is 554. The average molecular weight is 327 g/mol. The summed E-state index contributed by atoms with van der Waals surface area (Å²) in [6.45, 7) is 10.4. The van der Waals surface area contributed by atoms with Crippen LogP contribution in [0, 0.1) is 20.8 Å². The van der Waals surface area contributed by atoms with Gasteiger partial charge in [0.25, 0.3) is 0 Å². The molecule has 5 nitrogen and oxygen atoms in total. The van der Waals surface area contributed by atoms with Crippen molar-refractivity contribution in [1.82, 2.24) is 20.3 Å². The second-order valence-electron chi connectivity index (χ2n) is 4.57. The quantitative estimate of drug-likeness (QED) is 0.917. The summed E-state index contributed by atoms with van der Waals surface area (Å²) in [5, 5.41) is 11.9. The summed E-state index contributed by atoms with van der Waals surface area (Å²) in [6.07, 6.45) is 0. The Morgan fingerprint density at radius 2 is 1.95 bits per heavy atom. The standard InChI is InChI=1S/C13H19BrN4O/c1-5-18-12(13(14)9(3)16-18)7-15-6-11-8(2)17-19-10(11)4/h15H,5-7H2,1-4H3. The molecule has 0 saturated heterocycles. The molecule has 0 aliphatic carbocycles. The third kappa shape index (κ3) is 2.90. The van der Waals surface area contributed by atoms with Gasteiger partial charge >= 0.3 is 0 Å². The molecule has 2 rings (SSSR count). The molecular weight excluding hydrogens is 308 g/mol. The summed E-state index contributed by atoms with van der Waals surface area (Å²) >= 11 is 3.60. The van der Waals surface area contributed by atoms with Gasteiger partial charge in [-0.05, 0) is 43.6 Å². The Kier molecular flexibility index (Phi) is 4.42. The highest BCUT2D eigenvalue weighted by Gasteiger charge is 2.13. The molecule has 0 atom stereocenters. The van der Waals surface area contributed by atoms with E-state index in [1.807, 2.05) is 25.5 Å². The molecule has 104 valence electrons. The van der Waals surface area contributed by atoms with Crippen LogP contribution in [0.5, 0.6) is 0 Å². The van der Waals surface area contributed by atoms with Crippen LogP contribution in [0.4, 0.5) is 0 Å². The molecule has 2 aromatic rings. The van der Waals surface area contributed by atoms with E-state index >= 15 is 0 Å².